The number of rotatable bonds is 5. The molecule has 110 valence electrons. The number of anilines is 1. The van der Waals surface area contributed by atoms with E-state index >= 15 is 0 Å². The predicted octanol–water partition coefficient (Wildman–Crippen LogP) is 0.534. The molecule has 9 heteroatoms. The fourth-order valence-electron chi connectivity index (χ4n) is 2.27. The number of nitrogens with one attached hydrogen (secondary N) is 1. The van der Waals surface area contributed by atoms with Crippen molar-refractivity contribution in [2.75, 3.05) is 25.6 Å². The molecule has 1 aliphatic heterocycles. The molecule has 1 aromatic heterocycles. The Morgan fingerprint density at radius 3 is 3.05 bits per heavy atom. The second kappa shape index (κ2) is 6.44. The Kier molecular flexibility index (Phi) is 4.64. The number of hydrogen-bond acceptors (Lipinski definition) is 8. The first-order chi connectivity index (χ1) is 9.63. The maximum atomic E-state index is 11.1. The van der Waals surface area contributed by atoms with Crippen molar-refractivity contribution in [2.45, 2.75) is 25.3 Å². The lowest BCUT2D eigenvalue weighted by molar-refractivity contribution is -0.385. The molecular weight excluding hydrogens is 264 g/mol. The highest BCUT2D eigenvalue weighted by Gasteiger charge is 2.26. The Balaban J connectivity index is 2.10. The molecule has 1 atom stereocenters. The molecule has 2 heterocycles. The summed E-state index contributed by atoms with van der Waals surface area (Å²) < 4.78 is 5.52. The van der Waals surface area contributed by atoms with Crippen molar-refractivity contribution in [3.63, 3.8) is 0 Å². The second-order valence-electron chi connectivity index (χ2n) is 4.72. The molecule has 1 aromatic rings. The molecule has 1 aliphatic rings. The zero-order valence-corrected chi connectivity index (χ0v) is 11.3. The monoisotopic (exact) mass is 282 g/mol. The Labute approximate surface area is 116 Å². The van der Waals surface area contributed by atoms with Gasteiger partial charge in [-0.15, -0.1) is 0 Å². The van der Waals surface area contributed by atoms with E-state index < -0.39 is 4.92 Å². The third-order valence-corrected chi connectivity index (χ3v) is 3.44. The van der Waals surface area contributed by atoms with Crippen LogP contribution in [-0.4, -0.2) is 46.0 Å². The Bertz CT molecular complexity index is 483. The first kappa shape index (κ1) is 14.4. The lowest BCUT2D eigenvalue weighted by Gasteiger charge is -2.31. The summed E-state index contributed by atoms with van der Waals surface area (Å²) in [5, 5.41) is 11.1. The summed E-state index contributed by atoms with van der Waals surface area (Å²) in [6, 6.07) is 0.243. The highest BCUT2D eigenvalue weighted by atomic mass is 16.6. The summed E-state index contributed by atoms with van der Waals surface area (Å²) in [7, 11) is 2.02. The van der Waals surface area contributed by atoms with Crippen LogP contribution in [0.15, 0.2) is 6.33 Å². The molecule has 0 radical (unpaired) electrons. The molecule has 0 aromatic carbocycles. The van der Waals surface area contributed by atoms with Gasteiger partial charge in [-0.2, -0.15) is 4.98 Å². The first-order valence-corrected chi connectivity index (χ1v) is 6.42. The summed E-state index contributed by atoms with van der Waals surface area (Å²) in [6.07, 6.45) is 4.50. The van der Waals surface area contributed by atoms with Crippen molar-refractivity contribution < 1.29 is 9.66 Å². The van der Waals surface area contributed by atoms with Crippen molar-refractivity contribution in [1.82, 2.24) is 14.9 Å². The van der Waals surface area contributed by atoms with E-state index in [-0.39, 0.29) is 23.4 Å². The molecular formula is C11H18N6O3. The number of hydrazine groups is 1. The summed E-state index contributed by atoms with van der Waals surface area (Å²) in [4.78, 5) is 20.2. The Hall–Kier alpha value is -2.00. The van der Waals surface area contributed by atoms with Crippen LogP contribution >= 0.6 is 0 Å². The maximum Gasteiger partial charge on any atom is 0.374 e. The van der Waals surface area contributed by atoms with Gasteiger partial charge in [0.15, 0.2) is 0 Å². The van der Waals surface area contributed by atoms with E-state index in [0.717, 1.165) is 19.4 Å². The first-order valence-electron chi connectivity index (χ1n) is 6.42. The molecule has 0 aliphatic carbocycles. The maximum absolute atomic E-state index is 11.1. The van der Waals surface area contributed by atoms with Crippen LogP contribution in [0.5, 0.6) is 5.88 Å². The summed E-state index contributed by atoms with van der Waals surface area (Å²) in [6.45, 7) is 1.37. The van der Waals surface area contributed by atoms with Crippen molar-refractivity contribution in [3.05, 3.63) is 16.4 Å². The minimum Gasteiger partial charge on any atom is -0.471 e. The number of likely N-dealkylation sites (tertiary alicyclic amines) is 1. The molecule has 3 N–H and O–H groups in total. The molecule has 2 rings (SSSR count). The van der Waals surface area contributed by atoms with E-state index in [1.54, 1.807) is 0 Å². The molecule has 0 saturated carbocycles. The van der Waals surface area contributed by atoms with Gasteiger partial charge in [0.1, 0.15) is 12.9 Å². The van der Waals surface area contributed by atoms with Gasteiger partial charge in [-0.3, -0.25) is 10.1 Å². The minimum atomic E-state index is -0.602. The van der Waals surface area contributed by atoms with Gasteiger partial charge in [-0.1, -0.05) is 6.42 Å². The number of ether oxygens (including phenoxy) is 1. The molecule has 1 fully saturated rings. The second-order valence-corrected chi connectivity index (χ2v) is 4.72. The van der Waals surface area contributed by atoms with Gasteiger partial charge in [0.25, 0.3) is 5.88 Å². The van der Waals surface area contributed by atoms with Gasteiger partial charge in [0, 0.05) is 6.04 Å². The van der Waals surface area contributed by atoms with Crippen LogP contribution in [0, 0.1) is 10.1 Å². The summed E-state index contributed by atoms with van der Waals surface area (Å²) >= 11 is 0. The Morgan fingerprint density at radius 1 is 1.60 bits per heavy atom. The van der Waals surface area contributed by atoms with Crippen LogP contribution in [0.2, 0.25) is 0 Å². The average molecular weight is 282 g/mol. The smallest absolute Gasteiger partial charge is 0.374 e. The third-order valence-electron chi connectivity index (χ3n) is 3.44. The van der Waals surface area contributed by atoms with Crippen molar-refractivity contribution in [1.29, 1.82) is 0 Å². The Morgan fingerprint density at radius 2 is 2.40 bits per heavy atom. The zero-order chi connectivity index (χ0) is 14.5. The number of nitrogens with zero attached hydrogens (tertiary/aromatic N) is 4. The SMILES string of the molecule is CN1CCCCC1COc1ncnc(NN)c1[N+](=O)[O-]. The zero-order valence-electron chi connectivity index (χ0n) is 11.3. The van der Waals surface area contributed by atoms with Gasteiger partial charge in [-0.25, -0.2) is 10.8 Å². The summed E-state index contributed by atoms with van der Waals surface area (Å²) in [5.41, 5.74) is 1.84. The number of piperidine rings is 1. The fraction of sp³-hybridized carbons (Fsp3) is 0.636. The van der Waals surface area contributed by atoms with Crippen LogP contribution in [0.4, 0.5) is 11.5 Å². The van der Waals surface area contributed by atoms with Crippen LogP contribution in [-0.2, 0) is 0 Å². The number of nitrogens with two attached hydrogens (primary N) is 1. The van der Waals surface area contributed by atoms with Gasteiger partial charge in [0.2, 0.25) is 5.82 Å². The normalized spacial score (nSPS) is 19.6. The largest absolute Gasteiger partial charge is 0.471 e. The molecule has 0 amide bonds. The summed E-state index contributed by atoms with van der Waals surface area (Å²) in [5.74, 6) is 5.09. The predicted molar refractivity (Wildman–Crippen MR) is 72.3 cm³/mol. The standard InChI is InChI=1S/C11H18N6O3/c1-16-5-3-2-4-8(16)6-20-11-9(17(18)19)10(15-12)13-7-14-11/h7-8H,2-6,12H2,1H3,(H,13,14,15). The number of likely N-dealkylation sites (N-methyl/N-ethyl adjacent to an activating group) is 1. The topological polar surface area (TPSA) is 119 Å². The van der Waals surface area contributed by atoms with Gasteiger partial charge in [-0.05, 0) is 26.4 Å². The van der Waals surface area contributed by atoms with Crippen LogP contribution < -0.4 is 16.0 Å². The van der Waals surface area contributed by atoms with E-state index in [9.17, 15) is 10.1 Å². The quantitative estimate of drug-likeness (QED) is 0.456. The lowest BCUT2D eigenvalue weighted by Crippen LogP contribution is -2.40. The van der Waals surface area contributed by atoms with Crippen LogP contribution in [0.1, 0.15) is 19.3 Å². The van der Waals surface area contributed by atoms with E-state index in [1.165, 1.54) is 12.7 Å². The third kappa shape index (κ3) is 3.11. The molecule has 9 nitrogen and oxygen atoms in total. The lowest BCUT2D eigenvalue weighted by atomic mass is 10.0. The van der Waals surface area contributed by atoms with E-state index in [4.69, 9.17) is 10.6 Å². The van der Waals surface area contributed by atoms with Crippen LogP contribution in [0.25, 0.3) is 0 Å². The van der Waals surface area contributed by atoms with E-state index in [2.05, 4.69) is 20.3 Å². The van der Waals surface area contributed by atoms with E-state index in [0.29, 0.717) is 6.61 Å². The number of nitrogen functional groups attached to an aromatic ring is 1. The van der Waals surface area contributed by atoms with E-state index in [1.807, 2.05) is 7.05 Å². The van der Waals surface area contributed by atoms with Gasteiger partial charge in [0.05, 0.1) is 4.92 Å². The highest BCUT2D eigenvalue weighted by molar-refractivity contribution is 5.60. The van der Waals surface area contributed by atoms with Gasteiger partial charge < -0.3 is 15.1 Å². The number of hydrogen-bond donors (Lipinski definition) is 2. The molecule has 1 saturated heterocycles. The number of nitro groups is 1. The van der Waals surface area contributed by atoms with Crippen molar-refractivity contribution in [3.8, 4) is 5.88 Å². The fourth-order valence-corrected chi connectivity index (χ4v) is 2.27. The van der Waals surface area contributed by atoms with Gasteiger partial charge >= 0.3 is 5.69 Å². The van der Waals surface area contributed by atoms with Crippen molar-refractivity contribution in [2.24, 2.45) is 5.84 Å². The highest BCUT2D eigenvalue weighted by Crippen LogP contribution is 2.30. The molecule has 1 unspecified atom stereocenters. The molecule has 20 heavy (non-hydrogen) atoms. The number of aromatic nitrogens is 2. The van der Waals surface area contributed by atoms with Crippen molar-refractivity contribution >= 4 is 11.5 Å². The average Bonchev–Trinajstić information content (AvgIpc) is 2.45. The minimum absolute atomic E-state index is 0.0583. The molecule has 0 spiro atoms. The molecule has 0 bridgehead atoms. The van der Waals surface area contributed by atoms with Crippen LogP contribution in [0.3, 0.4) is 0 Å².